The van der Waals surface area contributed by atoms with Gasteiger partial charge in [-0.3, -0.25) is 10.1 Å². The van der Waals surface area contributed by atoms with Gasteiger partial charge in [0.2, 0.25) is 0 Å². The maximum Gasteiger partial charge on any atom is 0.354 e. The predicted octanol–water partition coefficient (Wildman–Crippen LogP) is 2.92. The standard InChI is InChI=1S/C13H9ClN2O5/c14-10-6-9(16(19)20)1-2-12(10)21-7-8-3-4-15-11(5-8)13(17)18/h1-6H,7H2,(H,17,18). The van der Waals surface area contributed by atoms with Crippen LogP contribution in [0.4, 0.5) is 5.69 Å². The van der Waals surface area contributed by atoms with Crippen molar-refractivity contribution in [2.24, 2.45) is 0 Å². The van der Waals surface area contributed by atoms with E-state index in [0.717, 1.165) is 0 Å². The first-order valence-corrected chi connectivity index (χ1v) is 6.10. The Morgan fingerprint density at radius 3 is 2.76 bits per heavy atom. The van der Waals surface area contributed by atoms with Gasteiger partial charge < -0.3 is 9.84 Å². The van der Waals surface area contributed by atoms with Gasteiger partial charge in [-0.2, -0.15) is 0 Å². The Bertz CT molecular complexity index is 705. The van der Waals surface area contributed by atoms with Gasteiger partial charge in [0.15, 0.2) is 0 Å². The van der Waals surface area contributed by atoms with Crippen molar-refractivity contribution in [1.82, 2.24) is 4.98 Å². The first-order valence-electron chi connectivity index (χ1n) is 5.72. The van der Waals surface area contributed by atoms with Crippen molar-refractivity contribution in [1.29, 1.82) is 0 Å². The van der Waals surface area contributed by atoms with Gasteiger partial charge in [-0.1, -0.05) is 11.6 Å². The van der Waals surface area contributed by atoms with Crippen molar-refractivity contribution in [3.05, 3.63) is 62.9 Å². The summed E-state index contributed by atoms with van der Waals surface area (Å²) in [5.74, 6) is -0.860. The molecule has 0 aliphatic rings. The minimum atomic E-state index is -1.13. The van der Waals surface area contributed by atoms with Crippen LogP contribution >= 0.6 is 11.6 Å². The minimum Gasteiger partial charge on any atom is -0.487 e. The van der Waals surface area contributed by atoms with Gasteiger partial charge in [-0.15, -0.1) is 0 Å². The molecule has 0 aliphatic heterocycles. The highest BCUT2D eigenvalue weighted by molar-refractivity contribution is 6.32. The Balaban J connectivity index is 2.11. The molecule has 0 aliphatic carbocycles. The third-order valence-electron chi connectivity index (χ3n) is 2.56. The first-order chi connectivity index (χ1) is 9.97. The fraction of sp³-hybridized carbons (Fsp3) is 0.0769. The summed E-state index contributed by atoms with van der Waals surface area (Å²) >= 11 is 5.89. The normalized spacial score (nSPS) is 10.1. The van der Waals surface area contributed by atoms with E-state index in [1.165, 1.54) is 30.5 Å². The van der Waals surface area contributed by atoms with E-state index in [0.29, 0.717) is 5.56 Å². The second-order valence-corrected chi connectivity index (χ2v) is 4.42. The summed E-state index contributed by atoms with van der Waals surface area (Å²) in [4.78, 5) is 24.5. The molecule has 21 heavy (non-hydrogen) atoms. The molecule has 1 aromatic heterocycles. The topological polar surface area (TPSA) is 103 Å². The van der Waals surface area contributed by atoms with Gasteiger partial charge in [0.05, 0.1) is 9.95 Å². The molecule has 0 spiro atoms. The van der Waals surface area contributed by atoms with Crippen LogP contribution in [0, 0.1) is 10.1 Å². The van der Waals surface area contributed by atoms with E-state index in [4.69, 9.17) is 21.4 Å². The number of hydrogen-bond acceptors (Lipinski definition) is 5. The van der Waals surface area contributed by atoms with Crippen LogP contribution < -0.4 is 4.74 Å². The lowest BCUT2D eigenvalue weighted by Crippen LogP contribution is -2.03. The Morgan fingerprint density at radius 2 is 2.14 bits per heavy atom. The molecule has 7 nitrogen and oxygen atoms in total. The van der Waals surface area contributed by atoms with E-state index in [1.807, 2.05) is 0 Å². The van der Waals surface area contributed by atoms with E-state index < -0.39 is 10.9 Å². The van der Waals surface area contributed by atoms with Crippen LogP contribution in [0.2, 0.25) is 5.02 Å². The van der Waals surface area contributed by atoms with Gasteiger partial charge >= 0.3 is 5.97 Å². The zero-order chi connectivity index (χ0) is 15.4. The molecule has 0 amide bonds. The van der Waals surface area contributed by atoms with Gasteiger partial charge in [0.1, 0.15) is 18.1 Å². The minimum absolute atomic E-state index is 0.0698. The largest absolute Gasteiger partial charge is 0.487 e. The number of aromatic carboxylic acids is 1. The number of carboxylic acid groups (broad SMARTS) is 1. The second kappa shape index (κ2) is 6.19. The number of nitrogens with zero attached hydrogens (tertiary/aromatic N) is 2. The Labute approximate surface area is 123 Å². The quantitative estimate of drug-likeness (QED) is 0.673. The molecule has 0 atom stereocenters. The smallest absolute Gasteiger partial charge is 0.354 e. The van der Waals surface area contributed by atoms with E-state index in [9.17, 15) is 14.9 Å². The fourth-order valence-electron chi connectivity index (χ4n) is 1.56. The number of carbonyl (C=O) groups is 1. The summed E-state index contributed by atoms with van der Waals surface area (Å²) in [5.41, 5.74) is 0.368. The molecule has 0 fully saturated rings. The van der Waals surface area contributed by atoms with Crippen LogP contribution in [-0.4, -0.2) is 21.0 Å². The molecule has 1 heterocycles. The van der Waals surface area contributed by atoms with Crippen molar-refractivity contribution in [3.63, 3.8) is 0 Å². The summed E-state index contributed by atoms with van der Waals surface area (Å²) in [6.45, 7) is 0.0698. The lowest BCUT2D eigenvalue weighted by molar-refractivity contribution is -0.384. The predicted molar refractivity (Wildman–Crippen MR) is 73.6 cm³/mol. The van der Waals surface area contributed by atoms with Crippen molar-refractivity contribution < 1.29 is 19.6 Å². The number of pyridine rings is 1. The number of carboxylic acids is 1. The maximum absolute atomic E-state index is 10.8. The van der Waals surface area contributed by atoms with Crippen molar-refractivity contribution >= 4 is 23.3 Å². The highest BCUT2D eigenvalue weighted by atomic mass is 35.5. The molecule has 1 aromatic carbocycles. The highest BCUT2D eigenvalue weighted by Crippen LogP contribution is 2.29. The number of aromatic nitrogens is 1. The number of halogens is 1. The molecular formula is C13H9ClN2O5. The van der Waals surface area contributed by atoms with Crippen LogP contribution in [0.3, 0.4) is 0 Å². The molecule has 8 heteroatoms. The monoisotopic (exact) mass is 308 g/mol. The molecule has 0 radical (unpaired) electrons. The van der Waals surface area contributed by atoms with E-state index in [2.05, 4.69) is 4.98 Å². The summed E-state index contributed by atoms with van der Waals surface area (Å²) in [7, 11) is 0. The SMILES string of the molecule is O=C(O)c1cc(COc2ccc([N+](=O)[O-])cc2Cl)ccn1. The van der Waals surface area contributed by atoms with Gasteiger partial charge in [0.25, 0.3) is 5.69 Å². The zero-order valence-electron chi connectivity index (χ0n) is 10.5. The number of nitro groups is 1. The zero-order valence-corrected chi connectivity index (χ0v) is 11.3. The lowest BCUT2D eigenvalue weighted by atomic mass is 10.2. The van der Waals surface area contributed by atoms with Gasteiger partial charge in [0, 0.05) is 18.3 Å². The third-order valence-corrected chi connectivity index (χ3v) is 2.86. The molecule has 108 valence electrons. The molecule has 0 saturated carbocycles. The molecule has 2 rings (SSSR count). The number of hydrogen-bond donors (Lipinski definition) is 1. The Kier molecular flexibility index (Phi) is 4.34. The summed E-state index contributed by atoms with van der Waals surface area (Å²) < 4.78 is 5.42. The summed E-state index contributed by atoms with van der Waals surface area (Å²) in [5, 5.41) is 19.5. The summed E-state index contributed by atoms with van der Waals surface area (Å²) in [6, 6.07) is 6.83. The van der Waals surface area contributed by atoms with Crippen molar-refractivity contribution in [2.45, 2.75) is 6.61 Å². The number of nitro benzene ring substituents is 1. The molecule has 1 N–H and O–H groups in total. The number of rotatable bonds is 5. The second-order valence-electron chi connectivity index (χ2n) is 4.01. The first kappa shape index (κ1) is 14.7. The average molecular weight is 309 g/mol. The molecule has 0 bridgehead atoms. The van der Waals surface area contributed by atoms with E-state index in [-0.39, 0.29) is 28.8 Å². The van der Waals surface area contributed by atoms with Crippen molar-refractivity contribution in [3.8, 4) is 5.75 Å². The van der Waals surface area contributed by atoms with Crippen molar-refractivity contribution in [2.75, 3.05) is 0 Å². The van der Waals surface area contributed by atoms with Gasteiger partial charge in [-0.05, 0) is 23.8 Å². The van der Waals surface area contributed by atoms with Crippen LogP contribution in [0.1, 0.15) is 16.1 Å². The fourth-order valence-corrected chi connectivity index (χ4v) is 1.79. The summed E-state index contributed by atoms with van der Waals surface area (Å²) in [6.07, 6.45) is 1.36. The number of ether oxygens (including phenoxy) is 1. The van der Waals surface area contributed by atoms with Gasteiger partial charge in [-0.25, -0.2) is 9.78 Å². The molecule has 0 saturated heterocycles. The molecule has 0 unspecified atom stereocenters. The van der Waals surface area contributed by atoms with Crippen LogP contribution in [0.5, 0.6) is 5.75 Å². The molecular weight excluding hydrogens is 300 g/mol. The lowest BCUT2D eigenvalue weighted by Gasteiger charge is -2.08. The van der Waals surface area contributed by atoms with Crippen LogP contribution in [-0.2, 0) is 6.61 Å². The van der Waals surface area contributed by atoms with E-state index in [1.54, 1.807) is 6.07 Å². The Morgan fingerprint density at radius 1 is 1.38 bits per heavy atom. The van der Waals surface area contributed by atoms with E-state index >= 15 is 0 Å². The third kappa shape index (κ3) is 3.67. The average Bonchev–Trinajstić information content (AvgIpc) is 2.46. The Hall–Kier alpha value is -2.67. The maximum atomic E-state index is 10.8. The molecule has 2 aromatic rings. The number of non-ortho nitro benzene ring substituents is 1. The number of benzene rings is 1. The highest BCUT2D eigenvalue weighted by Gasteiger charge is 2.11. The van der Waals surface area contributed by atoms with Crippen LogP contribution in [0.15, 0.2) is 36.5 Å². The van der Waals surface area contributed by atoms with Crippen LogP contribution in [0.25, 0.3) is 0 Å².